The Bertz CT molecular complexity index is 1110. The van der Waals surface area contributed by atoms with E-state index in [1.807, 2.05) is 43.3 Å². The van der Waals surface area contributed by atoms with Crippen molar-refractivity contribution in [2.45, 2.75) is 46.0 Å². The summed E-state index contributed by atoms with van der Waals surface area (Å²) in [5.74, 6) is 10.6. The van der Waals surface area contributed by atoms with E-state index in [1.165, 1.54) is 17.7 Å². The molecule has 0 saturated carbocycles. The predicted octanol–water partition coefficient (Wildman–Crippen LogP) is 7.33. The zero-order valence-corrected chi connectivity index (χ0v) is 18.1. The number of hydrogen-bond donors (Lipinski definition) is 0. The lowest BCUT2D eigenvalue weighted by Crippen LogP contribution is -1.93. The maximum atomic E-state index is 14.7. The molecule has 0 saturated heterocycles. The van der Waals surface area contributed by atoms with Crippen molar-refractivity contribution in [2.24, 2.45) is 0 Å². The first kappa shape index (κ1) is 22.3. The molecular weight excluding hydrogens is 386 g/mol. The van der Waals surface area contributed by atoms with Crippen molar-refractivity contribution < 1.29 is 8.78 Å². The van der Waals surface area contributed by atoms with Crippen LogP contribution in [-0.2, 0) is 12.8 Å². The maximum absolute atomic E-state index is 14.7. The van der Waals surface area contributed by atoms with Crippen molar-refractivity contribution in [3.8, 4) is 34.8 Å². The highest BCUT2D eigenvalue weighted by atomic mass is 19.1. The summed E-state index contributed by atoms with van der Waals surface area (Å²) in [6.45, 7) is 3.95. The minimum Gasteiger partial charge on any atom is -0.206 e. The van der Waals surface area contributed by atoms with Crippen LogP contribution in [0.4, 0.5) is 8.78 Å². The summed E-state index contributed by atoms with van der Waals surface area (Å²) in [4.78, 5) is 0. The molecule has 156 valence electrons. The van der Waals surface area contributed by atoms with E-state index in [9.17, 15) is 8.78 Å². The Kier molecular flexibility index (Phi) is 8.03. The van der Waals surface area contributed by atoms with Crippen molar-refractivity contribution >= 4 is 0 Å². The highest BCUT2D eigenvalue weighted by Crippen LogP contribution is 2.27. The lowest BCUT2D eigenvalue weighted by molar-refractivity contribution is 0.589. The zero-order valence-electron chi connectivity index (χ0n) is 18.1. The molecule has 0 fully saturated rings. The summed E-state index contributed by atoms with van der Waals surface area (Å²) in [6.07, 6.45) is 4.88. The van der Waals surface area contributed by atoms with Gasteiger partial charge in [0.15, 0.2) is 0 Å². The zero-order chi connectivity index (χ0) is 22.1. The molecule has 0 aliphatic heterocycles. The van der Waals surface area contributed by atoms with Gasteiger partial charge < -0.3 is 0 Å². The van der Waals surface area contributed by atoms with Gasteiger partial charge in [-0.2, -0.15) is 0 Å². The third kappa shape index (κ3) is 6.31. The molecule has 0 nitrogen and oxygen atoms in total. The molecule has 2 heteroatoms. The Labute approximate surface area is 184 Å². The summed E-state index contributed by atoms with van der Waals surface area (Å²) < 4.78 is 29.4. The van der Waals surface area contributed by atoms with Crippen molar-refractivity contribution in [2.75, 3.05) is 0 Å². The van der Waals surface area contributed by atoms with Gasteiger partial charge in [0.2, 0.25) is 0 Å². The highest BCUT2D eigenvalue weighted by molar-refractivity contribution is 5.66. The summed E-state index contributed by atoms with van der Waals surface area (Å²) in [5, 5.41) is 0. The molecule has 0 aromatic heterocycles. The van der Waals surface area contributed by atoms with Gasteiger partial charge in [-0.05, 0) is 67.1 Å². The molecule has 31 heavy (non-hydrogen) atoms. The molecular formula is C29H26F2. The van der Waals surface area contributed by atoms with Crippen molar-refractivity contribution in [3.05, 3.63) is 94.6 Å². The van der Waals surface area contributed by atoms with Crippen molar-refractivity contribution in [1.82, 2.24) is 0 Å². The fourth-order valence-corrected chi connectivity index (χ4v) is 3.45. The molecule has 0 bridgehead atoms. The smallest absolute Gasteiger partial charge is 0.135 e. The van der Waals surface area contributed by atoms with Gasteiger partial charge in [0.25, 0.3) is 0 Å². The highest BCUT2D eigenvalue weighted by Gasteiger charge is 2.13. The topological polar surface area (TPSA) is 0 Å². The van der Waals surface area contributed by atoms with Gasteiger partial charge in [0, 0.05) is 17.5 Å². The van der Waals surface area contributed by atoms with Crippen LogP contribution in [0.25, 0.3) is 11.1 Å². The number of halogens is 2. The molecule has 0 radical (unpaired) electrons. The van der Waals surface area contributed by atoms with Crippen LogP contribution in [0.1, 0.15) is 55.4 Å². The lowest BCUT2D eigenvalue weighted by Gasteiger charge is -2.07. The number of unbranched alkanes of at least 4 members (excludes halogenated alkanes) is 1. The first-order valence-electron chi connectivity index (χ1n) is 10.7. The molecule has 3 aromatic carbocycles. The minimum absolute atomic E-state index is 0.00860. The van der Waals surface area contributed by atoms with Crippen LogP contribution in [0.3, 0.4) is 0 Å². The van der Waals surface area contributed by atoms with Crippen LogP contribution in [0.2, 0.25) is 0 Å². The molecule has 0 amide bonds. The molecule has 0 unspecified atom stereocenters. The van der Waals surface area contributed by atoms with E-state index in [2.05, 4.69) is 30.6 Å². The first-order valence-corrected chi connectivity index (χ1v) is 10.7. The normalized spacial score (nSPS) is 10.1. The second kappa shape index (κ2) is 11.1. The lowest BCUT2D eigenvalue weighted by atomic mass is 10.00. The van der Waals surface area contributed by atoms with Gasteiger partial charge in [-0.1, -0.05) is 61.6 Å². The molecule has 0 atom stereocenters. The molecule has 0 N–H and O–H groups in total. The average molecular weight is 413 g/mol. The average Bonchev–Trinajstić information content (AvgIpc) is 2.77. The SMILES string of the molecule is CC#CCCCc1ccc(C#Cc2cc(F)c(-c3ccc(CCC)cc3)c(F)c2)cc1. The molecule has 0 spiro atoms. The number of hydrogen-bond acceptors (Lipinski definition) is 0. The van der Waals surface area contributed by atoms with Crippen LogP contribution in [0.15, 0.2) is 60.7 Å². The molecule has 0 aliphatic carbocycles. The van der Waals surface area contributed by atoms with Crippen LogP contribution >= 0.6 is 0 Å². The van der Waals surface area contributed by atoms with E-state index in [-0.39, 0.29) is 5.56 Å². The van der Waals surface area contributed by atoms with E-state index in [0.29, 0.717) is 11.1 Å². The summed E-state index contributed by atoms with van der Waals surface area (Å²) in [5.41, 5.74) is 4.06. The fraction of sp³-hybridized carbons (Fsp3) is 0.241. The predicted molar refractivity (Wildman–Crippen MR) is 125 cm³/mol. The second-order valence-corrected chi connectivity index (χ2v) is 7.49. The quantitative estimate of drug-likeness (QED) is 0.294. The van der Waals surface area contributed by atoms with Crippen LogP contribution in [0.5, 0.6) is 0 Å². The van der Waals surface area contributed by atoms with Crippen LogP contribution in [-0.4, -0.2) is 0 Å². The molecule has 3 rings (SSSR count). The standard InChI is InChI=1S/C29H26F2/c1-3-5-6-7-9-23-10-12-24(13-11-23)14-15-25-20-27(30)29(28(31)21-25)26-18-16-22(8-4-2)17-19-26/h10-13,16-21H,4,6-9H2,1-2H3. The maximum Gasteiger partial charge on any atom is 0.135 e. The Morgan fingerprint density at radius 2 is 1.32 bits per heavy atom. The number of benzene rings is 3. The van der Waals surface area contributed by atoms with Gasteiger partial charge in [0.05, 0.1) is 5.56 Å². The fourth-order valence-electron chi connectivity index (χ4n) is 3.45. The number of aryl methyl sites for hydroxylation is 2. The summed E-state index contributed by atoms with van der Waals surface area (Å²) >= 11 is 0. The molecule has 0 heterocycles. The van der Waals surface area contributed by atoms with Crippen LogP contribution in [0, 0.1) is 35.3 Å². The Hall–Kier alpha value is -3.36. The Morgan fingerprint density at radius 3 is 1.94 bits per heavy atom. The third-order valence-electron chi connectivity index (χ3n) is 5.07. The second-order valence-electron chi connectivity index (χ2n) is 7.49. The Balaban J connectivity index is 1.73. The van der Waals surface area contributed by atoms with Gasteiger partial charge in [0.1, 0.15) is 11.6 Å². The van der Waals surface area contributed by atoms with Gasteiger partial charge in [-0.3, -0.25) is 0 Å². The van der Waals surface area contributed by atoms with Crippen molar-refractivity contribution in [1.29, 1.82) is 0 Å². The van der Waals surface area contributed by atoms with E-state index >= 15 is 0 Å². The first-order chi connectivity index (χ1) is 15.1. The van der Waals surface area contributed by atoms with Gasteiger partial charge >= 0.3 is 0 Å². The van der Waals surface area contributed by atoms with Gasteiger partial charge in [-0.15, -0.1) is 11.8 Å². The monoisotopic (exact) mass is 412 g/mol. The van der Waals surface area contributed by atoms with E-state index in [0.717, 1.165) is 43.2 Å². The minimum atomic E-state index is -0.599. The number of rotatable bonds is 6. The van der Waals surface area contributed by atoms with Crippen molar-refractivity contribution in [3.63, 3.8) is 0 Å². The van der Waals surface area contributed by atoms with E-state index in [1.54, 1.807) is 12.1 Å². The largest absolute Gasteiger partial charge is 0.206 e. The van der Waals surface area contributed by atoms with E-state index < -0.39 is 11.6 Å². The molecule has 0 aliphatic rings. The van der Waals surface area contributed by atoms with E-state index in [4.69, 9.17) is 0 Å². The Morgan fingerprint density at radius 1 is 0.742 bits per heavy atom. The van der Waals surface area contributed by atoms with Gasteiger partial charge in [-0.25, -0.2) is 8.78 Å². The third-order valence-corrected chi connectivity index (χ3v) is 5.07. The summed E-state index contributed by atoms with van der Waals surface area (Å²) in [7, 11) is 0. The van der Waals surface area contributed by atoms with Crippen LogP contribution < -0.4 is 0 Å². The summed E-state index contributed by atoms with van der Waals surface area (Å²) in [6, 6.07) is 17.9. The molecule has 3 aromatic rings.